The summed E-state index contributed by atoms with van der Waals surface area (Å²) in [5, 5.41) is 5.32. The van der Waals surface area contributed by atoms with E-state index in [2.05, 4.69) is 131 Å². The molecular weight excluding hydrogens is 484 g/mol. The average molecular weight is 519 g/mol. The van der Waals surface area contributed by atoms with Crippen LogP contribution in [-0.4, -0.2) is 6.19 Å². The van der Waals surface area contributed by atoms with Gasteiger partial charge >= 0.3 is 38.5 Å². The molecule has 0 aromatic heterocycles. The minimum Gasteiger partial charge on any atom is -0.199 e. The Bertz CT molecular complexity index is 1210. The molecular formula is C34H34SiTi-4. The van der Waals surface area contributed by atoms with E-state index in [4.69, 9.17) is 0 Å². The second kappa shape index (κ2) is 17.2. The molecule has 0 spiro atoms. The van der Waals surface area contributed by atoms with Crippen molar-refractivity contribution in [2.24, 2.45) is 0 Å². The van der Waals surface area contributed by atoms with Gasteiger partial charge in [0.1, 0.15) is 0 Å². The average Bonchev–Trinajstić information content (AvgIpc) is 3.56. The Hall–Kier alpha value is -3.23. The van der Waals surface area contributed by atoms with Gasteiger partial charge in [0.2, 0.25) is 0 Å². The van der Waals surface area contributed by atoms with Crippen molar-refractivity contribution in [3.05, 3.63) is 171 Å². The van der Waals surface area contributed by atoms with Gasteiger partial charge in [0.25, 0.3) is 0 Å². The molecule has 0 aliphatic carbocycles. The minimum atomic E-state index is 0.120. The number of hydrogen-bond acceptors (Lipinski definition) is 0. The van der Waals surface area contributed by atoms with E-state index in [1.165, 1.54) is 21.5 Å². The third-order valence-corrected chi connectivity index (χ3v) is 4.78. The Morgan fingerprint density at radius 3 is 1.08 bits per heavy atom. The first-order valence-electron chi connectivity index (χ1n) is 11.9. The molecule has 182 valence electrons. The third kappa shape index (κ3) is 12.5. The largest absolute Gasteiger partial charge is 0.199 e. The van der Waals surface area contributed by atoms with Crippen LogP contribution in [0.2, 0.25) is 13.1 Å². The van der Waals surface area contributed by atoms with Gasteiger partial charge in [-0.3, -0.25) is 0 Å². The minimum absolute atomic E-state index is 0.120. The predicted octanol–water partition coefficient (Wildman–Crippen LogP) is 9.64. The molecule has 0 fully saturated rings. The standard InChI is InChI=1S/2C9H7.2C7H7.C2H6Si.Ti/c2*1-2-5-9-7-3-6-8(9)4-1;2*1-7-5-3-2-4-6-7;1-3-2;/h2*1-7H;2*2-6H,1H2;1-2H3;/q4*-1;;. The maximum absolute atomic E-state index is 3.72. The fourth-order valence-corrected chi connectivity index (χ4v) is 3.10. The van der Waals surface area contributed by atoms with Gasteiger partial charge in [-0.05, 0) is 0 Å². The normalized spacial score (nSPS) is 9.14. The summed E-state index contributed by atoms with van der Waals surface area (Å²) in [5.74, 6) is 0. The van der Waals surface area contributed by atoms with Crippen LogP contribution in [0, 0.1) is 13.8 Å². The molecule has 0 heterocycles. The molecule has 0 amide bonds. The summed E-state index contributed by atoms with van der Waals surface area (Å²) in [7, 11) is 0. The number of hydrogen-bond donors (Lipinski definition) is 0. The summed E-state index contributed by atoms with van der Waals surface area (Å²) >= 11 is 2.27. The Labute approximate surface area is 229 Å². The molecule has 0 aliphatic rings. The number of benzene rings is 4. The summed E-state index contributed by atoms with van der Waals surface area (Å²) in [6.45, 7) is 12.0. The second-order valence-corrected chi connectivity index (χ2v) is 15.0. The number of fused-ring (bicyclic) bond motifs is 2. The smallest absolute Gasteiger partial charge is 0.0809 e. The van der Waals surface area contributed by atoms with Crippen molar-refractivity contribution >= 4 is 27.7 Å². The molecule has 6 aromatic carbocycles. The van der Waals surface area contributed by atoms with Crippen molar-refractivity contribution in [3.63, 3.8) is 0 Å². The Morgan fingerprint density at radius 1 is 0.500 bits per heavy atom. The summed E-state index contributed by atoms with van der Waals surface area (Å²) in [6.07, 6.45) is 0.120. The molecule has 0 aliphatic heterocycles. The quantitative estimate of drug-likeness (QED) is 0.139. The van der Waals surface area contributed by atoms with Crippen LogP contribution in [0.5, 0.6) is 0 Å². The zero-order chi connectivity index (χ0) is 26.0. The predicted molar refractivity (Wildman–Crippen MR) is 158 cm³/mol. The van der Waals surface area contributed by atoms with E-state index in [9.17, 15) is 0 Å². The molecule has 36 heavy (non-hydrogen) atoms. The van der Waals surface area contributed by atoms with Gasteiger partial charge in [-0.1, -0.05) is 24.3 Å². The van der Waals surface area contributed by atoms with Gasteiger partial charge < -0.3 is 0 Å². The van der Waals surface area contributed by atoms with Crippen molar-refractivity contribution in [2.75, 3.05) is 0 Å². The summed E-state index contributed by atoms with van der Waals surface area (Å²) in [5.41, 5.74) is 2.14. The summed E-state index contributed by atoms with van der Waals surface area (Å²) in [4.78, 5) is 0. The van der Waals surface area contributed by atoms with Gasteiger partial charge in [-0.2, -0.15) is 84.3 Å². The summed E-state index contributed by atoms with van der Waals surface area (Å²) < 4.78 is 0. The maximum atomic E-state index is 3.72. The van der Waals surface area contributed by atoms with Crippen molar-refractivity contribution in [1.29, 1.82) is 0 Å². The maximum Gasteiger partial charge on any atom is -0.0809 e. The van der Waals surface area contributed by atoms with Crippen LogP contribution in [-0.2, 0) is 19.2 Å². The van der Waals surface area contributed by atoms with E-state index in [0.717, 1.165) is 11.1 Å². The Kier molecular flexibility index (Phi) is 13.9. The molecule has 0 radical (unpaired) electrons. The topological polar surface area (TPSA) is 0 Å². The zero-order valence-electron chi connectivity index (χ0n) is 21.3. The SMILES string of the molecule is C[Si](C)=[Ti].[CH2-]c1ccccc1.[CH2-]c1ccccc1.c1ccc2[cH-]ccc2c1.c1ccc2[cH-]ccc2c1. The van der Waals surface area contributed by atoms with Gasteiger partial charge in [0, 0.05) is 0 Å². The van der Waals surface area contributed by atoms with Crippen LogP contribution in [0.15, 0.2) is 146 Å². The van der Waals surface area contributed by atoms with Crippen LogP contribution < -0.4 is 0 Å². The van der Waals surface area contributed by atoms with E-state index in [1.54, 1.807) is 0 Å². The van der Waals surface area contributed by atoms with Gasteiger partial charge in [-0.25, -0.2) is 0 Å². The fraction of sp³-hybridized carbons (Fsp3) is 0.0588. The van der Waals surface area contributed by atoms with E-state index in [1.807, 2.05) is 60.7 Å². The van der Waals surface area contributed by atoms with Crippen LogP contribution in [0.3, 0.4) is 0 Å². The van der Waals surface area contributed by atoms with Crippen LogP contribution in [0.25, 0.3) is 21.5 Å². The Morgan fingerprint density at radius 2 is 0.806 bits per heavy atom. The van der Waals surface area contributed by atoms with Crippen LogP contribution in [0.4, 0.5) is 0 Å². The zero-order valence-corrected chi connectivity index (χ0v) is 23.8. The van der Waals surface area contributed by atoms with Crippen LogP contribution >= 0.6 is 0 Å². The van der Waals surface area contributed by atoms with Crippen molar-refractivity contribution in [3.8, 4) is 0 Å². The molecule has 0 nitrogen and oxygen atoms in total. The van der Waals surface area contributed by atoms with Crippen molar-refractivity contribution < 1.29 is 19.2 Å². The van der Waals surface area contributed by atoms with E-state index >= 15 is 0 Å². The third-order valence-electron chi connectivity index (χ3n) is 4.78. The molecule has 6 aromatic rings. The van der Waals surface area contributed by atoms with Crippen molar-refractivity contribution in [1.82, 2.24) is 0 Å². The molecule has 0 bridgehead atoms. The monoisotopic (exact) mass is 518 g/mol. The Balaban J connectivity index is 0.000000162. The first kappa shape index (κ1) is 29.0. The summed E-state index contributed by atoms with van der Waals surface area (Å²) in [6, 6.07) is 49.1. The van der Waals surface area contributed by atoms with E-state index in [-0.39, 0.29) is 6.19 Å². The van der Waals surface area contributed by atoms with Gasteiger partial charge in [-0.15, -0.1) is 83.6 Å². The molecule has 0 saturated heterocycles. The van der Waals surface area contributed by atoms with E-state index in [0.29, 0.717) is 0 Å². The fourth-order valence-electron chi connectivity index (χ4n) is 3.10. The van der Waals surface area contributed by atoms with Gasteiger partial charge in [0.15, 0.2) is 0 Å². The molecule has 0 atom stereocenters. The first-order valence-corrected chi connectivity index (χ1v) is 16.8. The van der Waals surface area contributed by atoms with Crippen LogP contribution in [0.1, 0.15) is 11.1 Å². The molecule has 0 unspecified atom stereocenters. The molecule has 2 heteroatoms. The molecule has 0 N–H and O–H groups in total. The second-order valence-electron chi connectivity index (χ2n) is 8.28. The van der Waals surface area contributed by atoms with Crippen molar-refractivity contribution in [2.45, 2.75) is 13.1 Å². The van der Waals surface area contributed by atoms with E-state index < -0.39 is 0 Å². The number of rotatable bonds is 0. The molecule has 6 rings (SSSR count). The van der Waals surface area contributed by atoms with Gasteiger partial charge in [0.05, 0.1) is 0 Å². The first-order chi connectivity index (χ1) is 17.5. The molecule has 0 saturated carbocycles.